The Kier molecular flexibility index (Phi) is 4.56. The van der Waals surface area contributed by atoms with E-state index in [4.69, 9.17) is 22.1 Å². The van der Waals surface area contributed by atoms with Crippen LogP contribution < -0.4 is 0 Å². The van der Waals surface area contributed by atoms with E-state index in [1.807, 2.05) is 12.1 Å². The van der Waals surface area contributed by atoms with Crippen LogP contribution in [0.5, 0.6) is 0 Å². The normalized spacial score (nSPS) is 9.60. The molecule has 1 aromatic rings. The molecule has 0 fully saturated rings. The number of rotatable bonds is 4. The highest BCUT2D eigenvalue weighted by Crippen LogP contribution is 2.09. The molecule has 0 saturated heterocycles. The summed E-state index contributed by atoms with van der Waals surface area (Å²) >= 11 is 5.79. The number of nitriles is 2. The molecule has 76 valence electrons. The molecule has 0 amide bonds. The van der Waals surface area contributed by atoms with Gasteiger partial charge in [-0.1, -0.05) is 11.6 Å². The van der Waals surface area contributed by atoms with Crippen LogP contribution in [0.3, 0.4) is 0 Å². The SMILES string of the molecule is N#CCN(CC#N)Cc1cc(Cl)ccn1. The quantitative estimate of drug-likeness (QED) is 0.723. The number of nitrogens with zero attached hydrogens (tertiary/aromatic N) is 4. The van der Waals surface area contributed by atoms with E-state index >= 15 is 0 Å². The lowest BCUT2D eigenvalue weighted by molar-refractivity contribution is 0.330. The zero-order valence-corrected chi connectivity index (χ0v) is 8.78. The van der Waals surface area contributed by atoms with Crippen LogP contribution in [-0.4, -0.2) is 23.0 Å². The van der Waals surface area contributed by atoms with Crippen LogP contribution in [0.2, 0.25) is 5.02 Å². The van der Waals surface area contributed by atoms with Gasteiger partial charge in [-0.25, -0.2) is 0 Å². The van der Waals surface area contributed by atoms with E-state index in [1.165, 1.54) is 0 Å². The highest BCUT2D eigenvalue weighted by atomic mass is 35.5. The number of halogens is 1. The average Bonchev–Trinajstić information content (AvgIpc) is 2.18. The van der Waals surface area contributed by atoms with E-state index in [1.54, 1.807) is 23.2 Å². The Balaban J connectivity index is 2.66. The van der Waals surface area contributed by atoms with Crippen LogP contribution in [0.15, 0.2) is 18.3 Å². The Labute approximate surface area is 93.3 Å². The highest BCUT2D eigenvalue weighted by molar-refractivity contribution is 6.30. The molecule has 1 heterocycles. The monoisotopic (exact) mass is 220 g/mol. The van der Waals surface area contributed by atoms with Crippen LogP contribution in [0, 0.1) is 22.7 Å². The van der Waals surface area contributed by atoms with E-state index in [9.17, 15) is 0 Å². The third-order valence-electron chi connectivity index (χ3n) is 1.75. The zero-order chi connectivity index (χ0) is 11.1. The number of hydrogen-bond acceptors (Lipinski definition) is 4. The van der Waals surface area contributed by atoms with Crippen molar-refractivity contribution >= 4 is 11.6 Å². The lowest BCUT2D eigenvalue weighted by Crippen LogP contribution is -2.24. The van der Waals surface area contributed by atoms with E-state index in [0.29, 0.717) is 11.6 Å². The number of hydrogen-bond donors (Lipinski definition) is 0. The van der Waals surface area contributed by atoms with Crippen molar-refractivity contribution in [2.45, 2.75) is 6.54 Å². The summed E-state index contributed by atoms with van der Waals surface area (Å²) in [6, 6.07) is 7.41. The van der Waals surface area contributed by atoms with Crippen molar-refractivity contribution in [3.8, 4) is 12.1 Å². The second-order valence-corrected chi connectivity index (χ2v) is 3.36. The Morgan fingerprint density at radius 3 is 2.53 bits per heavy atom. The molecule has 1 aromatic heterocycles. The van der Waals surface area contributed by atoms with Crippen LogP contribution >= 0.6 is 11.6 Å². The third-order valence-corrected chi connectivity index (χ3v) is 1.99. The molecule has 0 bridgehead atoms. The van der Waals surface area contributed by atoms with E-state index in [2.05, 4.69) is 4.98 Å². The van der Waals surface area contributed by atoms with E-state index in [-0.39, 0.29) is 13.1 Å². The Morgan fingerprint density at radius 1 is 1.33 bits per heavy atom. The maximum absolute atomic E-state index is 8.55. The van der Waals surface area contributed by atoms with Crippen molar-refractivity contribution < 1.29 is 0 Å². The van der Waals surface area contributed by atoms with Gasteiger partial charge in [0, 0.05) is 17.8 Å². The van der Waals surface area contributed by atoms with Gasteiger partial charge in [0.15, 0.2) is 0 Å². The third kappa shape index (κ3) is 3.95. The maximum atomic E-state index is 8.55. The van der Waals surface area contributed by atoms with Crippen LogP contribution in [0.25, 0.3) is 0 Å². The van der Waals surface area contributed by atoms with Crippen LogP contribution in [-0.2, 0) is 6.54 Å². The fraction of sp³-hybridized carbons (Fsp3) is 0.300. The molecule has 0 saturated carbocycles. The summed E-state index contributed by atoms with van der Waals surface area (Å²) in [6.45, 7) is 0.880. The van der Waals surface area contributed by atoms with Gasteiger partial charge in [0.2, 0.25) is 0 Å². The summed E-state index contributed by atoms with van der Waals surface area (Å²) in [6.07, 6.45) is 1.61. The molecular formula is C10H9ClN4. The van der Waals surface area contributed by atoms with Crippen molar-refractivity contribution in [3.05, 3.63) is 29.0 Å². The topological polar surface area (TPSA) is 63.7 Å². The Bertz CT molecular complexity index is 389. The van der Waals surface area contributed by atoms with Gasteiger partial charge in [-0.2, -0.15) is 10.5 Å². The smallest absolute Gasteiger partial charge is 0.0877 e. The molecule has 0 aliphatic carbocycles. The van der Waals surface area contributed by atoms with Crippen molar-refractivity contribution in [2.75, 3.05) is 13.1 Å². The molecule has 0 aliphatic rings. The fourth-order valence-corrected chi connectivity index (χ4v) is 1.31. The first kappa shape index (κ1) is 11.5. The molecule has 0 aliphatic heterocycles. The molecule has 0 atom stereocenters. The van der Waals surface area contributed by atoms with Crippen LogP contribution in [0.1, 0.15) is 5.69 Å². The molecule has 4 nitrogen and oxygen atoms in total. The summed E-state index contributed by atoms with van der Waals surface area (Å²) in [5.74, 6) is 0. The minimum Gasteiger partial charge on any atom is -0.271 e. The summed E-state index contributed by atoms with van der Waals surface area (Å²) in [5.41, 5.74) is 0.757. The van der Waals surface area contributed by atoms with Gasteiger partial charge in [0.1, 0.15) is 0 Å². The molecular weight excluding hydrogens is 212 g/mol. The molecule has 0 N–H and O–H groups in total. The molecule has 0 radical (unpaired) electrons. The minimum absolute atomic E-state index is 0.210. The lowest BCUT2D eigenvalue weighted by Gasteiger charge is -2.14. The first-order valence-corrected chi connectivity index (χ1v) is 4.70. The predicted octanol–water partition coefficient (Wildman–Crippen LogP) is 1.58. The van der Waals surface area contributed by atoms with Gasteiger partial charge in [-0.05, 0) is 12.1 Å². The largest absolute Gasteiger partial charge is 0.271 e. The van der Waals surface area contributed by atoms with Gasteiger partial charge in [0.05, 0.1) is 30.9 Å². The van der Waals surface area contributed by atoms with Gasteiger partial charge in [0.25, 0.3) is 0 Å². The van der Waals surface area contributed by atoms with Crippen molar-refractivity contribution in [1.29, 1.82) is 10.5 Å². The molecule has 0 unspecified atom stereocenters. The minimum atomic E-state index is 0.210. The van der Waals surface area contributed by atoms with E-state index in [0.717, 1.165) is 5.69 Å². The zero-order valence-electron chi connectivity index (χ0n) is 8.02. The van der Waals surface area contributed by atoms with Gasteiger partial charge in [-0.15, -0.1) is 0 Å². The van der Waals surface area contributed by atoms with E-state index < -0.39 is 0 Å². The summed E-state index contributed by atoms with van der Waals surface area (Å²) < 4.78 is 0. The van der Waals surface area contributed by atoms with Gasteiger partial charge >= 0.3 is 0 Å². The Hall–Kier alpha value is -1.62. The van der Waals surface area contributed by atoms with Gasteiger partial charge < -0.3 is 0 Å². The Morgan fingerprint density at radius 2 is 2.00 bits per heavy atom. The summed E-state index contributed by atoms with van der Waals surface area (Å²) in [5, 5.41) is 17.7. The van der Waals surface area contributed by atoms with Crippen molar-refractivity contribution in [1.82, 2.24) is 9.88 Å². The molecule has 5 heteroatoms. The second kappa shape index (κ2) is 5.98. The lowest BCUT2D eigenvalue weighted by atomic mass is 10.3. The average molecular weight is 221 g/mol. The van der Waals surface area contributed by atoms with Crippen molar-refractivity contribution in [2.24, 2.45) is 0 Å². The van der Waals surface area contributed by atoms with Gasteiger partial charge in [-0.3, -0.25) is 9.88 Å². The molecule has 0 spiro atoms. The first-order chi connectivity index (χ1) is 7.26. The highest BCUT2D eigenvalue weighted by Gasteiger charge is 2.05. The summed E-state index contributed by atoms with van der Waals surface area (Å²) in [7, 11) is 0. The first-order valence-electron chi connectivity index (χ1n) is 4.33. The molecule has 1 rings (SSSR count). The van der Waals surface area contributed by atoms with Crippen LogP contribution in [0.4, 0.5) is 0 Å². The maximum Gasteiger partial charge on any atom is 0.0877 e. The summed E-state index contributed by atoms with van der Waals surface area (Å²) in [4.78, 5) is 5.79. The standard InChI is InChI=1S/C10H9ClN4/c11-9-1-4-14-10(7-9)8-15(5-2-12)6-3-13/h1,4,7H,5-6,8H2. The molecule has 15 heavy (non-hydrogen) atoms. The predicted molar refractivity (Wildman–Crippen MR) is 55.8 cm³/mol. The van der Waals surface area contributed by atoms with Crippen molar-refractivity contribution in [3.63, 3.8) is 0 Å². The fourth-order valence-electron chi connectivity index (χ4n) is 1.13. The second-order valence-electron chi connectivity index (χ2n) is 2.93. The number of pyridine rings is 1. The molecule has 0 aromatic carbocycles. The number of aromatic nitrogens is 1.